The minimum atomic E-state index is 0.863. The summed E-state index contributed by atoms with van der Waals surface area (Å²) in [6, 6.07) is 0. The molecule has 1 aliphatic carbocycles. The van der Waals surface area contributed by atoms with Crippen LogP contribution in [0, 0.1) is 5.92 Å². The molecule has 1 rings (SSSR count). The first-order valence-electron chi connectivity index (χ1n) is 2.22. The number of hydrogen-bond donors (Lipinski definition) is 0. The molecule has 0 bridgehead atoms. The normalized spacial score (nSPS) is 22.7. The van der Waals surface area contributed by atoms with Crippen molar-refractivity contribution in [3.8, 4) is 0 Å². The average molecular weight is 99.2 g/mol. The molecule has 1 heteroatoms. The summed E-state index contributed by atoms with van der Waals surface area (Å²) in [6.07, 6.45) is 4.83. The van der Waals surface area contributed by atoms with Gasteiger partial charge in [-0.25, -0.2) is 0 Å². The lowest BCUT2D eigenvalue weighted by Gasteiger charge is -1.67. The number of hydrogen-bond acceptors (Lipinski definition) is 0. The Labute approximate surface area is 43.7 Å². The molecule has 0 aromatic rings. The molecule has 0 N–H and O–H groups in total. The van der Waals surface area contributed by atoms with Crippen molar-refractivity contribution in [3.63, 3.8) is 0 Å². The zero-order valence-corrected chi connectivity index (χ0v) is 4.37. The van der Waals surface area contributed by atoms with Crippen molar-refractivity contribution in [3.05, 3.63) is 11.5 Å². The Bertz CT molecular complexity index is 62.3. The van der Waals surface area contributed by atoms with Crippen molar-refractivity contribution < 1.29 is 0 Å². The monoisotopic (exact) mass is 99.0 g/mol. The van der Waals surface area contributed by atoms with E-state index in [0.29, 0.717) is 0 Å². The molecule has 0 atom stereocenters. The van der Waals surface area contributed by atoms with Gasteiger partial charge in [-0.15, -0.1) is 0 Å². The maximum absolute atomic E-state index is 4.59. The van der Waals surface area contributed by atoms with Gasteiger partial charge in [0.25, 0.3) is 0 Å². The molecule has 0 unspecified atom stereocenters. The second-order valence-corrected chi connectivity index (χ2v) is 1.94. The van der Waals surface area contributed by atoms with Crippen molar-refractivity contribution in [2.24, 2.45) is 5.92 Å². The molecule has 0 spiro atoms. The van der Waals surface area contributed by atoms with Gasteiger partial charge >= 0.3 is 0 Å². The van der Waals surface area contributed by atoms with Crippen molar-refractivity contribution in [1.82, 2.24) is 0 Å². The summed E-state index contributed by atoms with van der Waals surface area (Å²) in [5, 5.41) is 1.72. The fraction of sp³-hybridized carbons (Fsp3) is 0.600. The fourth-order valence-corrected chi connectivity index (χ4v) is 0.622. The molecule has 0 saturated heterocycles. The minimum Gasteiger partial charge on any atom is -0.0891 e. The van der Waals surface area contributed by atoms with Gasteiger partial charge in [0.05, 0.1) is 0 Å². The summed E-state index contributed by atoms with van der Waals surface area (Å²) in [4.78, 5) is 0. The van der Waals surface area contributed by atoms with Gasteiger partial charge in [0, 0.05) is 0 Å². The van der Waals surface area contributed by atoms with Gasteiger partial charge in [0.15, 0.2) is 0 Å². The zero-order chi connectivity index (χ0) is 4.41. The molecular formula is C5H7S. The Balaban J connectivity index is 2.15. The van der Waals surface area contributed by atoms with Crippen molar-refractivity contribution in [1.29, 1.82) is 0 Å². The van der Waals surface area contributed by atoms with E-state index in [2.05, 4.69) is 18.7 Å². The van der Waals surface area contributed by atoms with Crippen molar-refractivity contribution >= 4 is 12.6 Å². The molecule has 0 aromatic carbocycles. The summed E-state index contributed by atoms with van der Waals surface area (Å²) in [5.41, 5.74) is 0. The largest absolute Gasteiger partial charge is 0.0891 e. The quantitative estimate of drug-likeness (QED) is 0.472. The van der Waals surface area contributed by atoms with E-state index in [1.807, 2.05) is 0 Å². The highest BCUT2D eigenvalue weighted by Gasteiger charge is 2.16. The highest BCUT2D eigenvalue weighted by Crippen LogP contribution is 2.29. The molecule has 0 heterocycles. The minimum absolute atomic E-state index is 0.863. The SMILES string of the molecule is [S]/C=C/C1CC1. The van der Waals surface area contributed by atoms with E-state index in [-0.39, 0.29) is 0 Å². The molecule has 6 heavy (non-hydrogen) atoms. The summed E-state index contributed by atoms with van der Waals surface area (Å²) >= 11 is 4.59. The third-order valence-electron chi connectivity index (χ3n) is 0.973. The lowest BCUT2D eigenvalue weighted by atomic mass is 10.4. The summed E-state index contributed by atoms with van der Waals surface area (Å²) in [7, 11) is 0. The van der Waals surface area contributed by atoms with Gasteiger partial charge in [-0.05, 0) is 24.2 Å². The molecular weight excluding hydrogens is 92.1 g/mol. The van der Waals surface area contributed by atoms with E-state index in [9.17, 15) is 0 Å². The van der Waals surface area contributed by atoms with Crippen LogP contribution in [-0.4, -0.2) is 0 Å². The Morgan fingerprint density at radius 3 is 2.33 bits per heavy atom. The molecule has 1 saturated carbocycles. The highest BCUT2D eigenvalue weighted by molar-refractivity contribution is 7.83. The molecule has 0 aliphatic heterocycles. The van der Waals surface area contributed by atoms with Crippen molar-refractivity contribution in [2.75, 3.05) is 0 Å². The Hall–Kier alpha value is -0.0400. The molecule has 1 radical (unpaired) electrons. The molecule has 1 aliphatic rings. The van der Waals surface area contributed by atoms with Gasteiger partial charge in [-0.2, -0.15) is 0 Å². The van der Waals surface area contributed by atoms with Crippen LogP contribution in [0.4, 0.5) is 0 Å². The number of allylic oxidation sites excluding steroid dienone is 1. The fourth-order valence-electron chi connectivity index (χ4n) is 0.400. The molecule has 0 amide bonds. The van der Waals surface area contributed by atoms with Crippen LogP contribution in [0.2, 0.25) is 0 Å². The smallest absolute Gasteiger partial charge is 0.00237 e. The third-order valence-corrected chi connectivity index (χ3v) is 1.13. The van der Waals surface area contributed by atoms with Gasteiger partial charge in [-0.3, -0.25) is 0 Å². The molecule has 0 nitrogen and oxygen atoms in total. The van der Waals surface area contributed by atoms with E-state index in [1.54, 1.807) is 5.41 Å². The molecule has 33 valence electrons. The predicted molar refractivity (Wildman–Crippen MR) is 29.5 cm³/mol. The summed E-state index contributed by atoms with van der Waals surface area (Å²) in [5.74, 6) is 0.863. The van der Waals surface area contributed by atoms with E-state index in [0.717, 1.165) is 5.92 Å². The molecule has 0 aromatic heterocycles. The second-order valence-electron chi connectivity index (χ2n) is 1.67. The molecule has 1 fully saturated rings. The van der Waals surface area contributed by atoms with Gasteiger partial charge < -0.3 is 0 Å². The number of rotatable bonds is 1. The van der Waals surface area contributed by atoms with Crippen molar-refractivity contribution in [2.45, 2.75) is 12.8 Å². The van der Waals surface area contributed by atoms with Gasteiger partial charge in [0.2, 0.25) is 0 Å². The predicted octanol–water partition coefficient (Wildman–Crippen LogP) is 2.11. The zero-order valence-electron chi connectivity index (χ0n) is 3.55. The highest BCUT2D eigenvalue weighted by atomic mass is 32.1. The summed E-state index contributed by atoms with van der Waals surface area (Å²) < 4.78 is 0. The van der Waals surface area contributed by atoms with E-state index < -0.39 is 0 Å². The average Bonchev–Trinajstić information content (AvgIpc) is 2.21. The van der Waals surface area contributed by atoms with E-state index in [4.69, 9.17) is 0 Å². The lowest BCUT2D eigenvalue weighted by Crippen LogP contribution is -1.53. The van der Waals surface area contributed by atoms with Gasteiger partial charge in [-0.1, -0.05) is 18.7 Å². The summed E-state index contributed by atoms with van der Waals surface area (Å²) in [6.45, 7) is 0. The third kappa shape index (κ3) is 0.977. The first kappa shape index (κ1) is 4.13. The van der Waals surface area contributed by atoms with Crippen LogP contribution in [0.1, 0.15) is 12.8 Å². The standard InChI is InChI=1S/C5H7S/c6-4-3-5-1-2-5/h3-5H,1-2H2/b4-3+. The first-order chi connectivity index (χ1) is 2.93. The maximum Gasteiger partial charge on any atom is -0.00237 e. The maximum atomic E-state index is 4.59. The van der Waals surface area contributed by atoms with Crippen LogP contribution in [0.15, 0.2) is 11.5 Å². The van der Waals surface area contributed by atoms with Crippen LogP contribution < -0.4 is 0 Å². The van der Waals surface area contributed by atoms with Crippen LogP contribution in [0.3, 0.4) is 0 Å². The van der Waals surface area contributed by atoms with Crippen LogP contribution in [0.5, 0.6) is 0 Å². The van der Waals surface area contributed by atoms with Crippen LogP contribution in [0.25, 0.3) is 0 Å². The lowest BCUT2D eigenvalue weighted by molar-refractivity contribution is 1.13. The van der Waals surface area contributed by atoms with Gasteiger partial charge in [0.1, 0.15) is 0 Å². The Kier molecular flexibility index (Phi) is 1.10. The second kappa shape index (κ2) is 1.61. The van der Waals surface area contributed by atoms with Crippen LogP contribution in [-0.2, 0) is 0 Å². The first-order valence-corrected chi connectivity index (χ1v) is 2.69. The van der Waals surface area contributed by atoms with Crippen LogP contribution >= 0.6 is 12.6 Å². The topological polar surface area (TPSA) is 0 Å². The Morgan fingerprint density at radius 2 is 2.17 bits per heavy atom. The van der Waals surface area contributed by atoms with E-state index in [1.165, 1.54) is 12.8 Å². The van der Waals surface area contributed by atoms with E-state index >= 15 is 0 Å². The Morgan fingerprint density at radius 1 is 1.50 bits per heavy atom.